The van der Waals surface area contributed by atoms with E-state index in [1.165, 1.54) is 4.68 Å². The fourth-order valence-corrected chi connectivity index (χ4v) is 1.55. The quantitative estimate of drug-likeness (QED) is 0.850. The van der Waals surface area contributed by atoms with E-state index in [0.717, 1.165) is 0 Å². The van der Waals surface area contributed by atoms with Gasteiger partial charge in [0.1, 0.15) is 4.47 Å². The smallest absolute Gasteiger partial charge is 0.282 e. The predicted octanol–water partition coefficient (Wildman–Crippen LogP) is 0.726. The number of hydrogen-bond donors (Lipinski definition) is 2. The molecule has 2 N–H and O–H groups in total. The number of aromatic nitrogens is 2. The molecule has 15 heavy (non-hydrogen) atoms. The number of anilines is 1. The Labute approximate surface area is 96.2 Å². The van der Waals surface area contributed by atoms with Gasteiger partial charge < -0.3 is 10.4 Å². The lowest BCUT2D eigenvalue weighted by molar-refractivity contribution is 0.188. The molecule has 0 fully saturated rings. The lowest BCUT2D eigenvalue weighted by atomic mass is 10.3. The van der Waals surface area contributed by atoms with E-state index in [2.05, 4.69) is 26.3 Å². The average molecular weight is 276 g/mol. The van der Waals surface area contributed by atoms with E-state index in [4.69, 9.17) is 5.11 Å². The molecule has 84 valence electrons. The van der Waals surface area contributed by atoms with Crippen molar-refractivity contribution < 1.29 is 5.11 Å². The molecule has 0 bridgehead atoms. The molecule has 1 rings (SSSR count). The Morgan fingerprint density at radius 3 is 3.00 bits per heavy atom. The van der Waals surface area contributed by atoms with Crippen LogP contribution in [0.2, 0.25) is 0 Å². The zero-order chi connectivity index (χ0) is 11.4. The van der Waals surface area contributed by atoms with Gasteiger partial charge in [0.15, 0.2) is 0 Å². The summed E-state index contributed by atoms with van der Waals surface area (Å²) >= 11 is 3.20. The molecule has 0 saturated carbocycles. The molecule has 6 heteroatoms. The summed E-state index contributed by atoms with van der Waals surface area (Å²) in [6.07, 6.45) is 1.85. The maximum atomic E-state index is 11.5. The van der Waals surface area contributed by atoms with Gasteiger partial charge in [-0.2, -0.15) is 5.10 Å². The second kappa shape index (κ2) is 5.27. The molecule has 0 aliphatic carbocycles. The molecule has 0 saturated heterocycles. The summed E-state index contributed by atoms with van der Waals surface area (Å²) in [5.41, 5.74) is 0.468. The standard InChI is InChI=1S/C9H14BrN3O2/c1-6(14)3-4-11-7-5-12-13(2)9(15)8(7)10/h5-6,11,14H,3-4H2,1-2H3. The van der Waals surface area contributed by atoms with Gasteiger partial charge in [-0.15, -0.1) is 0 Å². The molecule has 0 spiro atoms. The zero-order valence-corrected chi connectivity index (χ0v) is 10.3. The lowest BCUT2D eigenvalue weighted by Crippen LogP contribution is -2.22. The Bertz CT molecular complexity index is 389. The minimum Gasteiger partial charge on any atom is -0.393 e. The van der Waals surface area contributed by atoms with Gasteiger partial charge in [-0.25, -0.2) is 4.68 Å². The molecule has 5 nitrogen and oxygen atoms in total. The van der Waals surface area contributed by atoms with Crippen molar-refractivity contribution in [2.75, 3.05) is 11.9 Å². The molecular weight excluding hydrogens is 262 g/mol. The number of nitrogens with zero attached hydrogens (tertiary/aromatic N) is 2. The third-order valence-electron chi connectivity index (χ3n) is 1.96. The Kier molecular flexibility index (Phi) is 4.28. The molecule has 0 aliphatic rings. The van der Waals surface area contributed by atoms with Crippen molar-refractivity contribution in [1.82, 2.24) is 9.78 Å². The van der Waals surface area contributed by atoms with Gasteiger partial charge >= 0.3 is 0 Å². The van der Waals surface area contributed by atoms with Gasteiger partial charge in [-0.05, 0) is 29.3 Å². The summed E-state index contributed by atoms with van der Waals surface area (Å²) in [5.74, 6) is 0. The molecule has 1 unspecified atom stereocenters. The number of hydrogen-bond acceptors (Lipinski definition) is 4. The first-order valence-electron chi connectivity index (χ1n) is 4.66. The fraction of sp³-hybridized carbons (Fsp3) is 0.556. The first-order chi connectivity index (χ1) is 7.02. The van der Waals surface area contributed by atoms with E-state index in [-0.39, 0.29) is 11.7 Å². The van der Waals surface area contributed by atoms with E-state index < -0.39 is 0 Å². The van der Waals surface area contributed by atoms with Gasteiger partial charge in [0, 0.05) is 13.6 Å². The van der Waals surface area contributed by atoms with Gasteiger partial charge in [-0.1, -0.05) is 0 Å². The minimum absolute atomic E-state index is 0.183. The van der Waals surface area contributed by atoms with Crippen molar-refractivity contribution in [2.24, 2.45) is 7.05 Å². The van der Waals surface area contributed by atoms with E-state index in [1.54, 1.807) is 20.2 Å². The summed E-state index contributed by atoms with van der Waals surface area (Å²) in [7, 11) is 1.59. The van der Waals surface area contributed by atoms with Crippen molar-refractivity contribution in [3.05, 3.63) is 21.0 Å². The van der Waals surface area contributed by atoms with E-state index in [1.807, 2.05) is 0 Å². The Balaban J connectivity index is 2.71. The number of aliphatic hydroxyl groups excluding tert-OH is 1. The molecule has 0 radical (unpaired) electrons. The molecule has 1 aromatic rings. The fourth-order valence-electron chi connectivity index (χ4n) is 1.05. The van der Waals surface area contributed by atoms with Crippen molar-refractivity contribution in [3.63, 3.8) is 0 Å². The molecule has 0 amide bonds. The Morgan fingerprint density at radius 1 is 1.73 bits per heavy atom. The van der Waals surface area contributed by atoms with Crippen LogP contribution < -0.4 is 10.9 Å². The van der Waals surface area contributed by atoms with Crippen LogP contribution in [0.25, 0.3) is 0 Å². The van der Waals surface area contributed by atoms with Crippen molar-refractivity contribution >= 4 is 21.6 Å². The van der Waals surface area contributed by atoms with Crippen LogP contribution in [0.1, 0.15) is 13.3 Å². The highest BCUT2D eigenvalue weighted by Gasteiger charge is 2.06. The Morgan fingerprint density at radius 2 is 2.40 bits per heavy atom. The number of aryl methyl sites for hydroxylation is 1. The molecule has 1 aromatic heterocycles. The number of aliphatic hydroxyl groups is 1. The van der Waals surface area contributed by atoms with Crippen LogP contribution in [0.15, 0.2) is 15.5 Å². The van der Waals surface area contributed by atoms with E-state index in [9.17, 15) is 4.79 Å². The van der Waals surface area contributed by atoms with Crippen LogP contribution in [0, 0.1) is 0 Å². The molecule has 0 aliphatic heterocycles. The highest BCUT2D eigenvalue weighted by atomic mass is 79.9. The van der Waals surface area contributed by atoms with Crippen molar-refractivity contribution in [1.29, 1.82) is 0 Å². The summed E-state index contributed by atoms with van der Waals surface area (Å²) in [6.45, 7) is 2.32. The monoisotopic (exact) mass is 275 g/mol. The van der Waals surface area contributed by atoms with Crippen LogP contribution in [0.5, 0.6) is 0 Å². The summed E-state index contributed by atoms with van der Waals surface area (Å²) in [4.78, 5) is 11.5. The van der Waals surface area contributed by atoms with Crippen LogP contribution >= 0.6 is 15.9 Å². The first kappa shape index (κ1) is 12.2. The number of nitrogens with one attached hydrogen (secondary N) is 1. The second-order valence-electron chi connectivity index (χ2n) is 3.37. The molecule has 1 atom stereocenters. The van der Waals surface area contributed by atoms with Gasteiger partial charge in [-0.3, -0.25) is 4.79 Å². The van der Waals surface area contributed by atoms with Crippen molar-refractivity contribution in [2.45, 2.75) is 19.4 Å². The highest BCUT2D eigenvalue weighted by molar-refractivity contribution is 9.10. The molecular formula is C9H14BrN3O2. The topological polar surface area (TPSA) is 67.2 Å². The van der Waals surface area contributed by atoms with Gasteiger partial charge in [0.25, 0.3) is 5.56 Å². The third-order valence-corrected chi connectivity index (χ3v) is 2.72. The zero-order valence-electron chi connectivity index (χ0n) is 8.70. The molecule has 1 heterocycles. The SMILES string of the molecule is CC(O)CCNc1cnn(C)c(=O)c1Br. The Hall–Kier alpha value is -0.880. The van der Waals surface area contributed by atoms with Crippen LogP contribution in [-0.4, -0.2) is 27.5 Å². The summed E-state index contributed by atoms with van der Waals surface area (Å²) in [6, 6.07) is 0. The largest absolute Gasteiger partial charge is 0.393 e. The second-order valence-corrected chi connectivity index (χ2v) is 4.16. The molecule has 0 aromatic carbocycles. The van der Waals surface area contributed by atoms with Crippen LogP contribution in [-0.2, 0) is 7.05 Å². The first-order valence-corrected chi connectivity index (χ1v) is 5.45. The van der Waals surface area contributed by atoms with E-state index >= 15 is 0 Å². The van der Waals surface area contributed by atoms with Gasteiger partial charge in [0.05, 0.1) is 18.0 Å². The van der Waals surface area contributed by atoms with Crippen LogP contribution in [0.4, 0.5) is 5.69 Å². The van der Waals surface area contributed by atoms with Crippen LogP contribution in [0.3, 0.4) is 0 Å². The highest BCUT2D eigenvalue weighted by Crippen LogP contribution is 2.15. The average Bonchev–Trinajstić information content (AvgIpc) is 2.18. The van der Waals surface area contributed by atoms with Crippen molar-refractivity contribution in [3.8, 4) is 0 Å². The van der Waals surface area contributed by atoms with Gasteiger partial charge in [0.2, 0.25) is 0 Å². The number of rotatable bonds is 4. The maximum Gasteiger partial charge on any atom is 0.282 e. The number of halogens is 1. The normalized spacial score (nSPS) is 12.5. The minimum atomic E-state index is -0.351. The summed E-state index contributed by atoms with van der Waals surface area (Å²) < 4.78 is 1.72. The van der Waals surface area contributed by atoms with E-state index in [0.29, 0.717) is 23.1 Å². The predicted molar refractivity (Wildman–Crippen MR) is 62.0 cm³/mol. The summed E-state index contributed by atoms with van der Waals surface area (Å²) in [5, 5.41) is 16.0. The third kappa shape index (κ3) is 3.32. The maximum absolute atomic E-state index is 11.5. The lowest BCUT2D eigenvalue weighted by Gasteiger charge is -2.09.